The Bertz CT molecular complexity index is 675. The van der Waals surface area contributed by atoms with Crippen LogP contribution in [0.2, 0.25) is 0 Å². The van der Waals surface area contributed by atoms with E-state index in [4.69, 9.17) is 0 Å². The van der Waals surface area contributed by atoms with Gasteiger partial charge in [-0.1, -0.05) is 0 Å². The molecule has 0 spiro atoms. The largest absolute Gasteiger partial charge is 0.342 e. The quantitative estimate of drug-likeness (QED) is 0.662. The van der Waals surface area contributed by atoms with Gasteiger partial charge >= 0.3 is 0 Å². The molecule has 23 heavy (non-hydrogen) atoms. The molecule has 1 N–H and O–H groups in total. The Morgan fingerprint density at radius 2 is 2.17 bits per heavy atom. The lowest BCUT2D eigenvalue weighted by Gasteiger charge is -2.16. The molecule has 1 atom stereocenters. The van der Waals surface area contributed by atoms with Crippen LogP contribution < -0.4 is 5.32 Å². The number of anilines is 1. The second-order valence-electron chi connectivity index (χ2n) is 6.05. The number of amides is 2. The number of nitro groups is 1. The maximum absolute atomic E-state index is 13.1. The molecule has 0 bridgehead atoms. The molecule has 1 saturated heterocycles. The van der Waals surface area contributed by atoms with Crippen molar-refractivity contribution >= 4 is 23.2 Å². The first kappa shape index (κ1) is 15.4. The Balaban J connectivity index is 1.67. The summed E-state index contributed by atoms with van der Waals surface area (Å²) in [6, 6.07) is 2.96. The SMILES string of the molecule is O=C(Nc1ccc(F)cc1[N+](=O)[O-])C1CC(=O)N(CC2CC2)C1. The molecule has 122 valence electrons. The zero-order valence-electron chi connectivity index (χ0n) is 12.3. The Morgan fingerprint density at radius 3 is 2.83 bits per heavy atom. The van der Waals surface area contributed by atoms with Gasteiger partial charge in [-0.15, -0.1) is 0 Å². The van der Waals surface area contributed by atoms with Crippen LogP contribution in [0.3, 0.4) is 0 Å². The molecule has 7 nitrogen and oxygen atoms in total. The van der Waals surface area contributed by atoms with Crippen LogP contribution in [0, 0.1) is 27.8 Å². The number of hydrogen-bond acceptors (Lipinski definition) is 4. The molecule has 2 fully saturated rings. The number of carbonyl (C=O) groups excluding carboxylic acids is 2. The molecule has 1 aliphatic heterocycles. The van der Waals surface area contributed by atoms with E-state index in [1.54, 1.807) is 4.90 Å². The van der Waals surface area contributed by atoms with Crippen molar-refractivity contribution in [3.05, 3.63) is 34.1 Å². The third kappa shape index (κ3) is 3.46. The highest BCUT2D eigenvalue weighted by Crippen LogP contribution is 2.32. The van der Waals surface area contributed by atoms with Gasteiger partial charge in [-0.3, -0.25) is 19.7 Å². The molecule has 2 aliphatic rings. The zero-order valence-corrected chi connectivity index (χ0v) is 12.3. The molecule has 2 amide bonds. The van der Waals surface area contributed by atoms with Gasteiger partial charge < -0.3 is 10.2 Å². The van der Waals surface area contributed by atoms with Gasteiger partial charge in [0.15, 0.2) is 0 Å². The number of nitrogens with zero attached hydrogens (tertiary/aromatic N) is 2. The van der Waals surface area contributed by atoms with Crippen LogP contribution in [-0.2, 0) is 9.59 Å². The van der Waals surface area contributed by atoms with Gasteiger partial charge in [0.1, 0.15) is 11.5 Å². The summed E-state index contributed by atoms with van der Waals surface area (Å²) in [5.74, 6) is -1.26. The lowest BCUT2D eigenvalue weighted by Crippen LogP contribution is -2.30. The number of nitro benzene ring substituents is 1. The highest BCUT2D eigenvalue weighted by atomic mass is 19.1. The number of rotatable bonds is 5. The molecule has 3 rings (SSSR count). The van der Waals surface area contributed by atoms with Gasteiger partial charge in [0.05, 0.1) is 16.9 Å². The van der Waals surface area contributed by atoms with Gasteiger partial charge in [0.25, 0.3) is 5.69 Å². The Kier molecular flexibility index (Phi) is 3.97. The first-order chi connectivity index (χ1) is 10.9. The highest BCUT2D eigenvalue weighted by Gasteiger charge is 2.37. The second-order valence-corrected chi connectivity index (χ2v) is 6.05. The van der Waals surface area contributed by atoms with Crippen molar-refractivity contribution in [2.45, 2.75) is 19.3 Å². The van der Waals surface area contributed by atoms with Gasteiger partial charge in [-0.2, -0.15) is 0 Å². The average Bonchev–Trinajstić information content (AvgIpc) is 3.23. The molecule has 0 aromatic heterocycles. The predicted molar refractivity (Wildman–Crippen MR) is 79.1 cm³/mol. The number of benzene rings is 1. The van der Waals surface area contributed by atoms with E-state index in [1.807, 2.05) is 0 Å². The van der Waals surface area contributed by atoms with Crippen molar-refractivity contribution < 1.29 is 18.9 Å². The second kappa shape index (κ2) is 5.94. The van der Waals surface area contributed by atoms with Crippen molar-refractivity contribution in [2.75, 3.05) is 18.4 Å². The normalized spacial score (nSPS) is 20.7. The summed E-state index contributed by atoms with van der Waals surface area (Å²) in [5, 5.41) is 13.4. The topological polar surface area (TPSA) is 92.5 Å². The molecule has 8 heteroatoms. The summed E-state index contributed by atoms with van der Waals surface area (Å²) in [6.45, 7) is 1.01. The standard InChI is InChI=1S/C15H16FN3O4/c16-11-3-4-12(13(6-11)19(22)23)17-15(21)10-5-14(20)18(8-10)7-9-1-2-9/h3-4,6,9-10H,1-2,5,7-8H2,(H,17,21). The summed E-state index contributed by atoms with van der Waals surface area (Å²) in [5.41, 5.74) is -0.563. The first-order valence-electron chi connectivity index (χ1n) is 7.46. The number of halogens is 1. The third-order valence-electron chi connectivity index (χ3n) is 4.18. The van der Waals surface area contributed by atoms with E-state index in [9.17, 15) is 24.1 Å². The van der Waals surface area contributed by atoms with Crippen LogP contribution in [0.15, 0.2) is 18.2 Å². The van der Waals surface area contributed by atoms with E-state index in [0.717, 1.165) is 31.0 Å². The van der Waals surface area contributed by atoms with Gasteiger partial charge in [0, 0.05) is 19.5 Å². The lowest BCUT2D eigenvalue weighted by atomic mass is 10.1. The summed E-state index contributed by atoms with van der Waals surface area (Å²) in [4.78, 5) is 36.0. The number of nitrogens with one attached hydrogen (secondary N) is 1. The van der Waals surface area contributed by atoms with Crippen molar-refractivity contribution in [1.82, 2.24) is 4.90 Å². The van der Waals surface area contributed by atoms with E-state index in [2.05, 4.69) is 5.32 Å². The monoisotopic (exact) mass is 321 g/mol. The Morgan fingerprint density at radius 1 is 1.43 bits per heavy atom. The van der Waals surface area contributed by atoms with Crippen LogP contribution in [0.5, 0.6) is 0 Å². The fourth-order valence-corrected chi connectivity index (χ4v) is 2.73. The first-order valence-corrected chi connectivity index (χ1v) is 7.46. The lowest BCUT2D eigenvalue weighted by molar-refractivity contribution is -0.384. The molecular formula is C15H16FN3O4. The minimum Gasteiger partial charge on any atom is -0.342 e. The van der Waals surface area contributed by atoms with Crippen molar-refractivity contribution in [3.63, 3.8) is 0 Å². The summed E-state index contributed by atoms with van der Waals surface area (Å²) >= 11 is 0. The number of carbonyl (C=O) groups is 2. The van der Waals surface area contributed by atoms with Crippen LogP contribution in [0.4, 0.5) is 15.8 Å². The molecule has 1 aromatic rings. The smallest absolute Gasteiger partial charge is 0.295 e. The van der Waals surface area contributed by atoms with E-state index in [-0.39, 0.29) is 18.0 Å². The fraction of sp³-hybridized carbons (Fsp3) is 0.467. The van der Waals surface area contributed by atoms with Crippen molar-refractivity contribution in [1.29, 1.82) is 0 Å². The van der Waals surface area contributed by atoms with E-state index >= 15 is 0 Å². The molecule has 0 radical (unpaired) electrons. The number of hydrogen-bond donors (Lipinski definition) is 1. The summed E-state index contributed by atoms with van der Waals surface area (Å²) < 4.78 is 13.1. The molecule has 1 aliphatic carbocycles. The van der Waals surface area contributed by atoms with E-state index in [1.165, 1.54) is 0 Å². The van der Waals surface area contributed by atoms with Gasteiger partial charge in [-0.05, 0) is 30.9 Å². The maximum Gasteiger partial charge on any atom is 0.295 e. The van der Waals surface area contributed by atoms with Crippen LogP contribution in [0.1, 0.15) is 19.3 Å². The zero-order chi connectivity index (χ0) is 16.6. The molecule has 1 heterocycles. The highest BCUT2D eigenvalue weighted by molar-refractivity contribution is 5.98. The van der Waals surface area contributed by atoms with Crippen LogP contribution in [-0.4, -0.2) is 34.7 Å². The van der Waals surface area contributed by atoms with E-state index < -0.39 is 28.3 Å². The third-order valence-corrected chi connectivity index (χ3v) is 4.18. The number of likely N-dealkylation sites (tertiary alicyclic amines) is 1. The average molecular weight is 321 g/mol. The van der Waals surface area contributed by atoms with E-state index in [0.29, 0.717) is 19.0 Å². The van der Waals surface area contributed by atoms with Crippen LogP contribution >= 0.6 is 0 Å². The minimum absolute atomic E-state index is 0.0607. The van der Waals surface area contributed by atoms with Gasteiger partial charge in [0.2, 0.25) is 11.8 Å². The molecule has 1 saturated carbocycles. The summed E-state index contributed by atoms with van der Waals surface area (Å²) in [6.07, 6.45) is 2.33. The Hall–Kier alpha value is -2.51. The van der Waals surface area contributed by atoms with Gasteiger partial charge in [-0.25, -0.2) is 4.39 Å². The van der Waals surface area contributed by atoms with Crippen LogP contribution in [0.25, 0.3) is 0 Å². The molecule has 1 unspecified atom stereocenters. The van der Waals surface area contributed by atoms with Crippen molar-refractivity contribution in [2.24, 2.45) is 11.8 Å². The molecule has 1 aromatic carbocycles. The Labute approximate surface area is 131 Å². The summed E-state index contributed by atoms with van der Waals surface area (Å²) in [7, 11) is 0. The predicted octanol–water partition coefficient (Wildman–Crippen LogP) is 1.93. The maximum atomic E-state index is 13.1. The fourth-order valence-electron chi connectivity index (χ4n) is 2.73. The van der Waals surface area contributed by atoms with Crippen molar-refractivity contribution in [3.8, 4) is 0 Å². The molecular weight excluding hydrogens is 305 g/mol. The minimum atomic E-state index is -0.752.